The maximum atomic E-state index is 13.0. The monoisotopic (exact) mass is 489 g/mol. The third-order valence-electron chi connectivity index (χ3n) is 5.76. The summed E-state index contributed by atoms with van der Waals surface area (Å²) in [6.07, 6.45) is 1.20. The predicted octanol–water partition coefficient (Wildman–Crippen LogP) is 4.42. The second-order valence-electron chi connectivity index (χ2n) is 8.71. The van der Waals surface area contributed by atoms with Crippen molar-refractivity contribution in [3.63, 3.8) is 0 Å². The van der Waals surface area contributed by atoms with Crippen LogP contribution < -0.4 is 10.6 Å². The average Bonchev–Trinajstić information content (AvgIpc) is 2.81. The van der Waals surface area contributed by atoms with E-state index in [0.717, 1.165) is 0 Å². The molecule has 2 aromatic carbocycles. The van der Waals surface area contributed by atoms with Crippen LogP contribution in [0.3, 0.4) is 0 Å². The molecule has 1 fully saturated rings. The molecule has 176 valence electrons. The Morgan fingerprint density at radius 1 is 1.00 bits per heavy atom. The first kappa shape index (κ1) is 25.1. The standard InChI is InChI=1S/C25H29Cl2N3O3/c1-16(2)15-28-24(32)22(29-23(31)20-5-3-4-6-21(20)27)17-11-13-30(14-12-17)25(33)18-7-9-19(26)10-8-18/h3-10,16-17,22H,11-15H2,1-2H3,(H,28,32)(H,29,31)/t22-/m0/s1. The minimum atomic E-state index is -0.708. The number of halogens is 2. The summed E-state index contributed by atoms with van der Waals surface area (Å²) in [6, 6.07) is 12.9. The molecule has 3 amide bonds. The Hall–Kier alpha value is -2.57. The summed E-state index contributed by atoms with van der Waals surface area (Å²) in [5, 5.41) is 6.74. The van der Waals surface area contributed by atoms with Crippen molar-refractivity contribution in [2.45, 2.75) is 32.7 Å². The largest absolute Gasteiger partial charge is 0.354 e. The normalized spacial score (nSPS) is 15.2. The van der Waals surface area contributed by atoms with Gasteiger partial charge in [0.05, 0.1) is 10.6 Å². The Morgan fingerprint density at radius 3 is 2.24 bits per heavy atom. The molecule has 1 aliphatic rings. The molecule has 0 spiro atoms. The highest BCUT2D eigenvalue weighted by atomic mass is 35.5. The lowest BCUT2D eigenvalue weighted by Crippen LogP contribution is -2.54. The minimum absolute atomic E-state index is 0.0639. The summed E-state index contributed by atoms with van der Waals surface area (Å²) in [7, 11) is 0. The number of hydrogen-bond acceptors (Lipinski definition) is 3. The van der Waals surface area contributed by atoms with E-state index in [9.17, 15) is 14.4 Å². The first-order valence-corrected chi connectivity index (χ1v) is 11.9. The zero-order valence-corrected chi connectivity index (χ0v) is 20.3. The molecule has 2 N–H and O–H groups in total. The van der Waals surface area contributed by atoms with Crippen molar-refractivity contribution in [3.8, 4) is 0 Å². The minimum Gasteiger partial charge on any atom is -0.354 e. The van der Waals surface area contributed by atoms with Gasteiger partial charge in [-0.05, 0) is 61.1 Å². The van der Waals surface area contributed by atoms with E-state index in [1.807, 2.05) is 13.8 Å². The number of carbonyl (C=O) groups is 3. The van der Waals surface area contributed by atoms with Gasteiger partial charge in [-0.2, -0.15) is 0 Å². The molecule has 3 rings (SSSR count). The van der Waals surface area contributed by atoms with Crippen molar-refractivity contribution in [2.75, 3.05) is 19.6 Å². The second-order valence-corrected chi connectivity index (χ2v) is 9.55. The molecule has 8 heteroatoms. The van der Waals surface area contributed by atoms with Crippen molar-refractivity contribution in [1.29, 1.82) is 0 Å². The zero-order valence-electron chi connectivity index (χ0n) is 18.8. The van der Waals surface area contributed by atoms with Crippen molar-refractivity contribution < 1.29 is 14.4 Å². The molecule has 1 aliphatic heterocycles. The van der Waals surface area contributed by atoms with Crippen LogP contribution in [-0.4, -0.2) is 48.3 Å². The zero-order chi connectivity index (χ0) is 24.0. The van der Waals surface area contributed by atoms with E-state index in [0.29, 0.717) is 53.6 Å². The lowest BCUT2D eigenvalue weighted by atomic mass is 9.88. The number of nitrogens with zero attached hydrogens (tertiary/aromatic N) is 1. The lowest BCUT2D eigenvalue weighted by molar-refractivity contribution is -0.124. The summed E-state index contributed by atoms with van der Waals surface area (Å²) in [4.78, 5) is 40.5. The van der Waals surface area contributed by atoms with Crippen LogP contribution in [0, 0.1) is 11.8 Å². The summed E-state index contributed by atoms with van der Waals surface area (Å²) in [6.45, 7) is 5.55. The predicted molar refractivity (Wildman–Crippen MR) is 131 cm³/mol. The highest BCUT2D eigenvalue weighted by Gasteiger charge is 2.34. The van der Waals surface area contributed by atoms with E-state index in [4.69, 9.17) is 23.2 Å². The summed E-state index contributed by atoms with van der Waals surface area (Å²) < 4.78 is 0. The molecule has 0 aromatic heterocycles. The van der Waals surface area contributed by atoms with E-state index in [1.54, 1.807) is 53.4 Å². The van der Waals surface area contributed by atoms with Crippen molar-refractivity contribution in [1.82, 2.24) is 15.5 Å². The second kappa shape index (κ2) is 11.5. The molecule has 33 heavy (non-hydrogen) atoms. The van der Waals surface area contributed by atoms with Crippen LogP contribution >= 0.6 is 23.2 Å². The molecule has 0 unspecified atom stereocenters. The fraction of sp³-hybridized carbons (Fsp3) is 0.400. The maximum Gasteiger partial charge on any atom is 0.253 e. The molecular weight excluding hydrogens is 461 g/mol. The number of likely N-dealkylation sites (tertiary alicyclic amines) is 1. The SMILES string of the molecule is CC(C)CNC(=O)[C@@H](NC(=O)c1ccccc1Cl)C1CCN(C(=O)c2ccc(Cl)cc2)CC1. The van der Waals surface area contributed by atoms with Gasteiger partial charge in [-0.3, -0.25) is 14.4 Å². The van der Waals surface area contributed by atoms with Gasteiger partial charge in [-0.15, -0.1) is 0 Å². The molecule has 2 aromatic rings. The Labute approximate surface area is 204 Å². The maximum absolute atomic E-state index is 13.0. The van der Waals surface area contributed by atoms with Crippen LogP contribution in [0.15, 0.2) is 48.5 Å². The first-order valence-electron chi connectivity index (χ1n) is 11.1. The number of benzene rings is 2. The third kappa shape index (κ3) is 6.71. The molecule has 0 aliphatic carbocycles. The van der Waals surface area contributed by atoms with Gasteiger partial charge in [0.2, 0.25) is 5.91 Å². The third-order valence-corrected chi connectivity index (χ3v) is 6.34. The van der Waals surface area contributed by atoms with Gasteiger partial charge in [-0.1, -0.05) is 49.2 Å². The fourth-order valence-corrected chi connectivity index (χ4v) is 4.23. The molecular formula is C25H29Cl2N3O3. The molecule has 0 radical (unpaired) electrons. The molecule has 1 atom stereocenters. The van der Waals surface area contributed by atoms with E-state index in [-0.39, 0.29) is 29.6 Å². The molecule has 1 heterocycles. The quantitative estimate of drug-likeness (QED) is 0.604. The number of nitrogens with one attached hydrogen (secondary N) is 2. The average molecular weight is 490 g/mol. The summed E-state index contributed by atoms with van der Waals surface area (Å²) in [5.74, 6) is -0.479. The Bertz CT molecular complexity index is 987. The van der Waals surface area contributed by atoms with E-state index < -0.39 is 6.04 Å². The summed E-state index contributed by atoms with van der Waals surface area (Å²) >= 11 is 12.1. The van der Waals surface area contributed by atoms with E-state index in [1.165, 1.54) is 0 Å². The topological polar surface area (TPSA) is 78.5 Å². The molecule has 1 saturated heterocycles. The van der Waals surface area contributed by atoms with Gasteiger partial charge in [0.15, 0.2) is 0 Å². The highest BCUT2D eigenvalue weighted by molar-refractivity contribution is 6.33. The molecule has 0 saturated carbocycles. The van der Waals surface area contributed by atoms with Crippen LogP contribution in [-0.2, 0) is 4.79 Å². The Morgan fingerprint density at radius 2 is 1.64 bits per heavy atom. The number of piperidine rings is 1. The van der Waals surface area contributed by atoms with Crippen molar-refractivity contribution in [3.05, 3.63) is 69.7 Å². The van der Waals surface area contributed by atoms with Gasteiger partial charge in [0.25, 0.3) is 11.8 Å². The number of carbonyl (C=O) groups excluding carboxylic acids is 3. The van der Waals surface area contributed by atoms with Gasteiger partial charge < -0.3 is 15.5 Å². The van der Waals surface area contributed by atoms with Crippen LogP contribution in [0.25, 0.3) is 0 Å². The van der Waals surface area contributed by atoms with Crippen LogP contribution in [0.5, 0.6) is 0 Å². The van der Waals surface area contributed by atoms with E-state index in [2.05, 4.69) is 10.6 Å². The van der Waals surface area contributed by atoms with Gasteiger partial charge >= 0.3 is 0 Å². The van der Waals surface area contributed by atoms with Gasteiger partial charge in [0.1, 0.15) is 6.04 Å². The Balaban J connectivity index is 1.69. The van der Waals surface area contributed by atoms with Gasteiger partial charge in [-0.25, -0.2) is 0 Å². The Kier molecular flexibility index (Phi) is 8.75. The molecule has 6 nitrogen and oxygen atoms in total. The van der Waals surface area contributed by atoms with Crippen LogP contribution in [0.4, 0.5) is 0 Å². The fourth-order valence-electron chi connectivity index (χ4n) is 3.89. The van der Waals surface area contributed by atoms with Crippen LogP contribution in [0.1, 0.15) is 47.4 Å². The number of rotatable bonds is 7. The lowest BCUT2D eigenvalue weighted by Gasteiger charge is -2.36. The summed E-state index contributed by atoms with van der Waals surface area (Å²) in [5.41, 5.74) is 0.910. The first-order chi connectivity index (χ1) is 15.8. The number of hydrogen-bond donors (Lipinski definition) is 2. The van der Waals surface area contributed by atoms with Crippen molar-refractivity contribution >= 4 is 40.9 Å². The van der Waals surface area contributed by atoms with Gasteiger partial charge in [0, 0.05) is 30.2 Å². The van der Waals surface area contributed by atoms with Crippen LogP contribution in [0.2, 0.25) is 10.0 Å². The van der Waals surface area contributed by atoms with Crippen molar-refractivity contribution in [2.24, 2.45) is 11.8 Å². The molecule has 0 bridgehead atoms. The van der Waals surface area contributed by atoms with E-state index >= 15 is 0 Å². The highest BCUT2D eigenvalue weighted by Crippen LogP contribution is 2.24. The number of amides is 3. The smallest absolute Gasteiger partial charge is 0.253 e.